The molecule has 17 heterocycles. The van der Waals surface area contributed by atoms with Gasteiger partial charge in [-0.15, -0.1) is 11.3 Å². The molecule has 3 saturated heterocycles. The highest BCUT2D eigenvalue weighted by atomic mass is 32.2. The highest BCUT2D eigenvalue weighted by Gasteiger charge is 2.38. The fourth-order valence-corrected chi connectivity index (χ4v) is 22.3. The van der Waals surface area contributed by atoms with E-state index in [0.717, 1.165) is 188 Å². The van der Waals surface area contributed by atoms with Gasteiger partial charge in [-0.25, -0.2) is 13.8 Å². The third-order valence-corrected chi connectivity index (χ3v) is 29.6. The smallest absolute Gasteiger partial charge is 0.264 e. The number of amides is 4. The van der Waals surface area contributed by atoms with Crippen LogP contribution >= 0.6 is 11.3 Å². The van der Waals surface area contributed by atoms with Crippen LogP contribution in [0, 0.1) is 13.8 Å². The molecule has 133 heavy (non-hydrogen) atoms. The molecule has 0 radical (unpaired) electrons. The number of halogens is 2. The molecule has 29 nitrogen and oxygen atoms in total. The number of hydrogen-bond donors (Lipinski definition) is 0. The van der Waals surface area contributed by atoms with Crippen LogP contribution in [0.15, 0.2) is 141 Å². The first-order valence-electron chi connectivity index (χ1n) is 46.0. The fraction of sp³-hybridized carbons (Fsp3) is 0.400. The van der Waals surface area contributed by atoms with E-state index in [1.54, 1.807) is 82.8 Å². The summed E-state index contributed by atoms with van der Waals surface area (Å²) in [5.41, 5.74) is 24.7. The van der Waals surface area contributed by atoms with Gasteiger partial charge in [0.15, 0.2) is 5.82 Å². The molecule has 22 rings (SSSR count). The fourth-order valence-electron chi connectivity index (χ4n) is 20.2. The van der Waals surface area contributed by atoms with E-state index in [1.807, 2.05) is 127 Å². The molecule has 8 aliphatic rings. The Bertz CT molecular complexity index is 6890. The number of pyridine rings is 1. The minimum absolute atomic E-state index is 0.0173. The van der Waals surface area contributed by atoms with Crippen molar-refractivity contribution in [3.05, 3.63) is 230 Å². The molecular weight excluding hydrogens is 1730 g/mol. The third kappa shape index (κ3) is 17.9. The minimum atomic E-state index is -2.65. The predicted molar refractivity (Wildman–Crippen MR) is 505 cm³/mol. The highest BCUT2D eigenvalue weighted by molar-refractivity contribution is 7.85. The molecule has 1 atom stereocenters. The van der Waals surface area contributed by atoms with Gasteiger partial charge < -0.3 is 29.1 Å². The summed E-state index contributed by atoms with van der Waals surface area (Å²) in [7, 11) is 6.72. The van der Waals surface area contributed by atoms with Gasteiger partial charge in [0, 0.05) is 300 Å². The van der Waals surface area contributed by atoms with Gasteiger partial charge >= 0.3 is 0 Å². The molecule has 33 heteroatoms. The van der Waals surface area contributed by atoms with Crippen LogP contribution in [0.25, 0.3) is 88.3 Å². The number of aromatic nitrogens is 17. The number of benzene rings is 4. The summed E-state index contributed by atoms with van der Waals surface area (Å²) < 4.78 is 67.4. The third-order valence-electron chi connectivity index (χ3n) is 27.3. The Labute approximate surface area is 775 Å². The van der Waals surface area contributed by atoms with Gasteiger partial charge in [0.25, 0.3) is 6.43 Å². The van der Waals surface area contributed by atoms with Gasteiger partial charge in [-0.3, -0.25) is 70.5 Å². The van der Waals surface area contributed by atoms with Crippen molar-refractivity contribution in [2.75, 3.05) is 64.1 Å². The summed E-state index contributed by atoms with van der Waals surface area (Å²) in [4.78, 5) is 79.6. The molecule has 4 amide bonds. The molecule has 3 fully saturated rings. The number of fused-ring (bicyclic) bond motifs is 7. The van der Waals surface area contributed by atoms with Crippen LogP contribution in [0.4, 0.5) is 8.78 Å². The lowest BCUT2D eigenvalue weighted by Crippen LogP contribution is -2.36. The number of allylic oxidation sites excluding steroid dienone is 1. The molecule has 0 saturated carbocycles. The molecule has 0 N–H and O–H groups in total. The van der Waals surface area contributed by atoms with Crippen LogP contribution in [0.2, 0.25) is 0 Å². The molecular formula is C100H109F2N21O8S2. The Morgan fingerprint density at radius 3 is 1.74 bits per heavy atom. The number of ketones is 1. The van der Waals surface area contributed by atoms with Crippen molar-refractivity contribution >= 4 is 78.8 Å². The summed E-state index contributed by atoms with van der Waals surface area (Å²) in [5.74, 6) is 2.40. The van der Waals surface area contributed by atoms with Crippen LogP contribution in [-0.2, 0) is 126 Å². The SMILES string of the molecule is CC(=O)N1CCc2c(c(-n3c(C)cc4cc(-c5cnn(C)c5)c(C(F)F)cc43)nn2C2CCOCC2)C1.CC(=O)N1CCc2c(c(C(=O)c3ccc(-c4cnn(C)c4)cc3)nn2C)C1.CC(=O)N1CCc2c(c(C3=CCCc4cc(-c5cnn(C)c5)ccc43)nn2[C@H]2CCOC2)C1.CCC(=O)N1CCc2c(c(-c3cccc4cc(-c5cnc(C)s5)ncc34)nn2C2CCS(=O)CC2)C1. The van der Waals surface area contributed by atoms with Crippen molar-refractivity contribution in [1.29, 1.82) is 0 Å². The maximum Gasteiger partial charge on any atom is 0.264 e. The summed E-state index contributed by atoms with van der Waals surface area (Å²) >= 11 is 1.64. The summed E-state index contributed by atoms with van der Waals surface area (Å²) in [6.45, 7) is 18.5. The van der Waals surface area contributed by atoms with Crippen molar-refractivity contribution in [3.63, 3.8) is 0 Å². The van der Waals surface area contributed by atoms with Crippen LogP contribution < -0.4 is 0 Å². The van der Waals surface area contributed by atoms with Gasteiger partial charge in [0.05, 0.1) is 82.4 Å². The predicted octanol–water partition coefficient (Wildman–Crippen LogP) is 15.1. The van der Waals surface area contributed by atoms with E-state index in [0.29, 0.717) is 112 Å². The molecule has 1 aliphatic carbocycles. The Kier molecular flexibility index (Phi) is 25.3. The largest absolute Gasteiger partial charge is 0.381 e. The molecule has 688 valence electrons. The van der Waals surface area contributed by atoms with Crippen LogP contribution in [-0.4, -0.2) is 200 Å². The van der Waals surface area contributed by atoms with E-state index >= 15 is 0 Å². The first-order chi connectivity index (χ1) is 64.3. The van der Waals surface area contributed by atoms with E-state index in [-0.39, 0.29) is 53.1 Å². The highest BCUT2D eigenvalue weighted by Crippen LogP contribution is 2.44. The van der Waals surface area contributed by atoms with E-state index in [2.05, 4.69) is 94.2 Å². The second kappa shape index (κ2) is 37.7. The van der Waals surface area contributed by atoms with Gasteiger partial charge in [-0.05, 0) is 116 Å². The summed E-state index contributed by atoms with van der Waals surface area (Å²) in [6.07, 6.45) is 24.7. The number of thiazole rings is 1. The van der Waals surface area contributed by atoms with Gasteiger partial charge in [-0.2, -0.15) is 35.7 Å². The molecule has 7 aliphatic heterocycles. The average Bonchev–Trinajstić information content (AvgIpc) is 1.60. The zero-order chi connectivity index (χ0) is 92.3. The van der Waals surface area contributed by atoms with Crippen molar-refractivity contribution in [2.24, 2.45) is 28.2 Å². The maximum absolute atomic E-state index is 14.3. The lowest BCUT2D eigenvalue weighted by Gasteiger charge is -2.30. The Morgan fingerprint density at radius 2 is 1.11 bits per heavy atom. The molecule has 10 aromatic heterocycles. The number of carbonyl (C=O) groups excluding carboxylic acids is 5. The Hall–Kier alpha value is -12.9. The van der Waals surface area contributed by atoms with Crippen molar-refractivity contribution in [2.45, 2.75) is 169 Å². The number of nitrogens with zero attached hydrogens (tertiary/aromatic N) is 21. The maximum atomic E-state index is 14.3. The van der Waals surface area contributed by atoms with Crippen LogP contribution in [0.3, 0.4) is 0 Å². The number of ether oxygens (including phenoxy) is 2. The van der Waals surface area contributed by atoms with Gasteiger partial charge in [-0.1, -0.05) is 73.7 Å². The summed E-state index contributed by atoms with van der Waals surface area (Å²) in [6, 6.07) is 28.8. The number of hydrogen-bond acceptors (Lipinski definition) is 18. The molecule has 0 bridgehead atoms. The topological polar surface area (TPSA) is 289 Å². The first kappa shape index (κ1) is 89.4. The number of carbonyl (C=O) groups is 5. The second-order valence-corrected chi connectivity index (χ2v) is 38.8. The lowest BCUT2D eigenvalue weighted by molar-refractivity contribution is -0.132. The number of alkyl halides is 2. The van der Waals surface area contributed by atoms with Crippen LogP contribution in [0.1, 0.15) is 191 Å². The van der Waals surface area contributed by atoms with E-state index < -0.39 is 17.2 Å². The Balaban J connectivity index is 0.000000115. The zero-order valence-corrected chi connectivity index (χ0v) is 78.3. The van der Waals surface area contributed by atoms with E-state index in [1.165, 1.54) is 39.2 Å². The monoisotopic (exact) mass is 1830 g/mol. The average molecular weight is 1840 g/mol. The molecule has 14 aromatic rings. The molecule has 4 aromatic carbocycles. The van der Waals surface area contributed by atoms with Crippen LogP contribution in [0.5, 0.6) is 0 Å². The zero-order valence-electron chi connectivity index (χ0n) is 76.7. The lowest BCUT2D eigenvalue weighted by atomic mass is 9.85. The second-order valence-electron chi connectivity index (χ2n) is 35.9. The quantitative estimate of drug-likeness (QED) is 0.0914. The minimum Gasteiger partial charge on any atom is -0.381 e. The number of aryl methyl sites for hydroxylation is 7. The molecule has 0 spiro atoms. The normalized spacial score (nSPS) is 17.7. The van der Waals surface area contributed by atoms with E-state index in [4.69, 9.17) is 29.8 Å². The standard InChI is InChI=1S/C27H30F2N6O2.C27H29N5O2S2.C26H29N5O2.C20H21N5O2/c1-16-10-18-11-21(19-13-30-32(3)14-19)22(26(28)29)12-25(18)34(16)27-23-15-33(17(2)36)7-4-24(23)35(31-27)20-5-8-37-9-6-20;1-3-26(33)31-10-7-24-22(16-31)27(30-32(24)19-8-11-36(34)12-9-19)20-6-4-5-18-13-23(29-14-21(18)20)25-15-28-17(2)35-25;1-17(32)30-10-8-25-24(15-30)26(28-31(25)21-9-11-33-16-21)23-5-3-4-19-12-18(6-7-22(19)23)20-13-27-29(2)14-20;1-13(26)25-9-8-18-17(12-25)19(22-24(18)3)20(27)15-6-4-14(5-7-15)16-10-21-23(2)11-16/h10-14,20,26H,4-9,15H2,1-3H3;4-6,13-15,19H,3,7-12,16H2,1-2H3;5-7,12-14,21H,3-4,8-11,15-16H2,1-2H3;4-7,10-11H,8-9,12H2,1-3H3/t;;21-;/m..0./s1. The summed E-state index contributed by atoms with van der Waals surface area (Å²) in [5, 5.41) is 36.7. The van der Waals surface area contributed by atoms with Crippen molar-refractivity contribution in [1.82, 2.24) is 103 Å². The van der Waals surface area contributed by atoms with E-state index in [9.17, 15) is 37.0 Å². The van der Waals surface area contributed by atoms with Gasteiger partial charge in [0.1, 0.15) is 5.69 Å². The number of rotatable bonds is 14. The molecule has 0 unspecified atom stereocenters. The first-order valence-corrected chi connectivity index (χ1v) is 48.3. The Morgan fingerprint density at radius 1 is 0.534 bits per heavy atom. The van der Waals surface area contributed by atoms with Gasteiger partial charge in [0.2, 0.25) is 29.4 Å². The van der Waals surface area contributed by atoms with Crippen molar-refractivity contribution in [3.8, 4) is 61.0 Å². The van der Waals surface area contributed by atoms with Crippen molar-refractivity contribution < 1.29 is 46.4 Å².